The molecule has 19 heavy (non-hydrogen) atoms. The molecule has 0 aliphatic carbocycles. The third-order valence-electron chi connectivity index (χ3n) is 3.05. The van der Waals surface area contributed by atoms with Crippen LogP contribution < -0.4 is 10.2 Å². The van der Waals surface area contributed by atoms with Gasteiger partial charge >= 0.3 is 0 Å². The predicted molar refractivity (Wildman–Crippen MR) is 69.8 cm³/mol. The summed E-state index contributed by atoms with van der Waals surface area (Å²) in [5.41, 5.74) is 0.657. The molecule has 1 aromatic carbocycles. The van der Waals surface area contributed by atoms with Crippen LogP contribution in [0.15, 0.2) is 12.1 Å². The van der Waals surface area contributed by atoms with Crippen LogP contribution in [0.4, 0.5) is 20.2 Å². The second-order valence-corrected chi connectivity index (χ2v) is 4.56. The summed E-state index contributed by atoms with van der Waals surface area (Å²) in [5, 5.41) is 9.75. The molecule has 1 aliphatic rings. The summed E-state index contributed by atoms with van der Waals surface area (Å²) in [7, 11) is 0. The van der Waals surface area contributed by atoms with Crippen LogP contribution in [0.5, 0.6) is 0 Å². The van der Waals surface area contributed by atoms with E-state index in [1.54, 1.807) is 4.90 Å². The molecule has 1 saturated heterocycles. The van der Waals surface area contributed by atoms with E-state index in [9.17, 15) is 13.6 Å². The molecule has 4 nitrogen and oxygen atoms in total. The van der Waals surface area contributed by atoms with E-state index in [1.807, 2.05) is 0 Å². The van der Waals surface area contributed by atoms with Crippen molar-refractivity contribution in [3.63, 3.8) is 0 Å². The molecular formula is C13H15F2N3O. The fourth-order valence-corrected chi connectivity index (χ4v) is 2.08. The largest absolute Gasteiger partial charge is 0.368 e. The molecule has 1 aromatic rings. The average molecular weight is 267 g/mol. The summed E-state index contributed by atoms with van der Waals surface area (Å²) in [4.78, 5) is 12.6. The lowest BCUT2D eigenvalue weighted by atomic mass is 10.1. The van der Waals surface area contributed by atoms with Crippen molar-refractivity contribution >= 4 is 23.0 Å². The number of carbonyl (C=O) groups excluding carboxylic acids is 1. The third-order valence-corrected chi connectivity index (χ3v) is 3.05. The standard InChI is InChI=1S/C13H15F2N3O/c1-8(19)17-12-6-11(15)13(7-10(12)14)18-4-2-9(16)3-5-18/h6-7,16H,2-5H2,1H3,(H,17,19). The zero-order chi connectivity index (χ0) is 14.0. The molecule has 1 fully saturated rings. The van der Waals surface area contributed by atoms with E-state index in [1.165, 1.54) is 6.92 Å². The molecule has 0 unspecified atom stereocenters. The number of halogens is 2. The highest BCUT2D eigenvalue weighted by atomic mass is 19.1. The summed E-state index contributed by atoms with van der Waals surface area (Å²) in [5.74, 6) is -1.68. The van der Waals surface area contributed by atoms with E-state index >= 15 is 0 Å². The minimum absolute atomic E-state index is 0.154. The molecule has 2 N–H and O–H groups in total. The van der Waals surface area contributed by atoms with Gasteiger partial charge in [-0.2, -0.15) is 0 Å². The number of anilines is 2. The van der Waals surface area contributed by atoms with Gasteiger partial charge in [0.05, 0.1) is 11.4 Å². The van der Waals surface area contributed by atoms with Crippen molar-refractivity contribution in [3.8, 4) is 0 Å². The molecule has 0 aromatic heterocycles. The van der Waals surface area contributed by atoms with E-state index in [2.05, 4.69) is 5.32 Å². The van der Waals surface area contributed by atoms with E-state index < -0.39 is 17.5 Å². The molecule has 0 radical (unpaired) electrons. The third kappa shape index (κ3) is 3.07. The highest BCUT2D eigenvalue weighted by Crippen LogP contribution is 2.27. The molecule has 2 rings (SSSR count). The van der Waals surface area contributed by atoms with Crippen LogP contribution in [0.2, 0.25) is 0 Å². The number of carbonyl (C=O) groups is 1. The maximum Gasteiger partial charge on any atom is 0.221 e. The lowest BCUT2D eigenvalue weighted by molar-refractivity contribution is -0.114. The molecule has 1 aliphatic heterocycles. The van der Waals surface area contributed by atoms with Crippen LogP contribution in [-0.2, 0) is 4.79 Å². The van der Waals surface area contributed by atoms with Crippen LogP contribution in [-0.4, -0.2) is 24.7 Å². The lowest BCUT2D eigenvalue weighted by Crippen LogP contribution is -2.34. The Morgan fingerprint density at radius 1 is 1.26 bits per heavy atom. The Labute approximate surface area is 109 Å². The maximum absolute atomic E-state index is 13.9. The van der Waals surface area contributed by atoms with E-state index in [0.717, 1.165) is 12.1 Å². The summed E-state index contributed by atoms with van der Waals surface area (Å²) in [6, 6.07) is 2.08. The first-order valence-electron chi connectivity index (χ1n) is 6.05. The molecule has 1 amide bonds. The first kappa shape index (κ1) is 13.5. The fourth-order valence-electron chi connectivity index (χ4n) is 2.08. The van der Waals surface area contributed by atoms with Crippen molar-refractivity contribution < 1.29 is 13.6 Å². The van der Waals surface area contributed by atoms with Crippen molar-refractivity contribution in [2.24, 2.45) is 0 Å². The number of nitrogens with one attached hydrogen (secondary N) is 2. The molecule has 0 bridgehead atoms. The molecular weight excluding hydrogens is 252 g/mol. The summed E-state index contributed by atoms with van der Waals surface area (Å²) in [6.07, 6.45) is 1.13. The second kappa shape index (κ2) is 5.34. The number of rotatable bonds is 2. The minimum Gasteiger partial charge on any atom is -0.368 e. The number of hydrogen-bond donors (Lipinski definition) is 2. The molecule has 102 valence electrons. The van der Waals surface area contributed by atoms with Gasteiger partial charge in [-0.05, 0) is 0 Å². The quantitative estimate of drug-likeness (QED) is 0.865. The van der Waals surface area contributed by atoms with Gasteiger partial charge in [0.25, 0.3) is 0 Å². The van der Waals surface area contributed by atoms with Crippen molar-refractivity contribution in [3.05, 3.63) is 23.8 Å². The van der Waals surface area contributed by atoms with E-state index in [0.29, 0.717) is 31.6 Å². The van der Waals surface area contributed by atoms with E-state index in [4.69, 9.17) is 5.41 Å². The summed E-state index contributed by atoms with van der Waals surface area (Å²) < 4.78 is 27.7. The van der Waals surface area contributed by atoms with Gasteiger partial charge in [0.1, 0.15) is 11.6 Å². The first-order valence-corrected chi connectivity index (χ1v) is 6.05. The SMILES string of the molecule is CC(=O)Nc1cc(F)c(N2CCC(=N)CC2)cc1F. The predicted octanol–water partition coefficient (Wildman–Crippen LogP) is 2.54. The van der Waals surface area contributed by atoms with Crippen LogP contribution in [0.1, 0.15) is 19.8 Å². The second-order valence-electron chi connectivity index (χ2n) is 4.56. The summed E-state index contributed by atoms with van der Waals surface area (Å²) >= 11 is 0. The molecule has 0 spiro atoms. The van der Waals surface area contributed by atoms with Crippen LogP contribution in [0.25, 0.3) is 0 Å². The van der Waals surface area contributed by atoms with Gasteiger partial charge in [-0.15, -0.1) is 0 Å². The molecule has 0 saturated carbocycles. The average Bonchev–Trinajstić information content (AvgIpc) is 2.34. The van der Waals surface area contributed by atoms with Gasteiger partial charge in [0.2, 0.25) is 5.91 Å². The van der Waals surface area contributed by atoms with Gasteiger partial charge in [-0.3, -0.25) is 4.79 Å². The highest BCUT2D eigenvalue weighted by molar-refractivity contribution is 5.89. The Hall–Kier alpha value is -1.98. The highest BCUT2D eigenvalue weighted by Gasteiger charge is 2.19. The smallest absolute Gasteiger partial charge is 0.221 e. The number of nitrogens with zero attached hydrogens (tertiary/aromatic N) is 1. The summed E-state index contributed by atoms with van der Waals surface area (Å²) in [6.45, 7) is 2.25. The number of amides is 1. The number of piperidine rings is 1. The normalized spacial score (nSPS) is 15.5. The zero-order valence-corrected chi connectivity index (χ0v) is 10.6. The van der Waals surface area contributed by atoms with Crippen molar-refractivity contribution in [2.75, 3.05) is 23.3 Å². The topological polar surface area (TPSA) is 56.2 Å². The van der Waals surface area contributed by atoms with Gasteiger partial charge < -0.3 is 15.6 Å². The number of benzene rings is 1. The lowest BCUT2D eigenvalue weighted by Gasteiger charge is -2.29. The number of hydrogen-bond acceptors (Lipinski definition) is 3. The van der Waals surface area contributed by atoms with Gasteiger partial charge in [-0.1, -0.05) is 0 Å². The van der Waals surface area contributed by atoms with Crippen LogP contribution in [0.3, 0.4) is 0 Å². The van der Waals surface area contributed by atoms with Crippen molar-refractivity contribution in [1.29, 1.82) is 5.41 Å². The van der Waals surface area contributed by atoms with Gasteiger partial charge in [-0.25, -0.2) is 8.78 Å². The zero-order valence-electron chi connectivity index (χ0n) is 10.6. The molecule has 6 heteroatoms. The Balaban J connectivity index is 2.25. The van der Waals surface area contributed by atoms with Crippen molar-refractivity contribution in [2.45, 2.75) is 19.8 Å². The minimum atomic E-state index is -0.660. The van der Waals surface area contributed by atoms with E-state index in [-0.39, 0.29) is 11.4 Å². The van der Waals surface area contributed by atoms with Gasteiger partial charge in [0.15, 0.2) is 0 Å². The van der Waals surface area contributed by atoms with Crippen LogP contribution in [0, 0.1) is 17.0 Å². The molecule has 1 heterocycles. The van der Waals surface area contributed by atoms with Crippen LogP contribution >= 0.6 is 0 Å². The fraction of sp³-hybridized carbons (Fsp3) is 0.385. The Kier molecular flexibility index (Phi) is 3.78. The first-order chi connectivity index (χ1) is 8.97. The Morgan fingerprint density at radius 2 is 1.89 bits per heavy atom. The maximum atomic E-state index is 13.9. The molecule has 0 atom stereocenters. The monoisotopic (exact) mass is 267 g/mol. The van der Waals surface area contributed by atoms with Gasteiger partial charge in [0, 0.05) is 50.7 Å². The van der Waals surface area contributed by atoms with Crippen molar-refractivity contribution in [1.82, 2.24) is 0 Å². The Morgan fingerprint density at radius 3 is 2.47 bits per heavy atom. The Bertz CT molecular complexity index is 521.